The van der Waals surface area contributed by atoms with E-state index in [1.165, 1.54) is 12.8 Å². The zero-order valence-electron chi connectivity index (χ0n) is 9.69. The molecule has 0 heterocycles. The lowest BCUT2D eigenvalue weighted by molar-refractivity contribution is 0.188. The molecule has 1 aliphatic carbocycles. The van der Waals surface area contributed by atoms with Crippen LogP contribution in [0.15, 0.2) is 24.3 Å². The lowest BCUT2D eigenvalue weighted by Crippen LogP contribution is -2.12. The highest BCUT2D eigenvalue weighted by atomic mass is 16.5. The van der Waals surface area contributed by atoms with Gasteiger partial charge in [-0.1, -0.05) is 12.1 Å². The van der Waals surface area contributed by atoms with E-state index in [1.54, 1.807) is 7.11 Å². The number of nitrogens with two attached hydrogens (primary N) is 1. The van der Waals surface area contributed by atoms with Gasteiger partial charge >= 0.3 is 0 Å². The third kappa shape index (κ3) is 3.22. The van der Waals surface area contributed by atoms with Crippen molar-refractivity contribution >= 4 is 0 Å². The second-order valence-electron chi connectivity index (χ2n) is 4.27. The van der Waals surface area contributed by atoms with Crippen molar-refractivity contribution in [2.75, 3.05) is 13.7 Å². The molecule has 1 aromatic carbocycles. The molecule has 1 saturated carbocycles. The fourth-order valence-electron chi connectivity index (χ4n) is 1.58. The summed E-state index contributed by atoms with van der Waals surface area (Å²) < 4.78 is 10.7. The lowest BCUT2D eigenvalue weighted by atomic mass is 10.1. The van der Waals surface area contributed by atoms with Crippen molar-refractivity contribution in [1.82, 2.24) is 0 Å². The lowest BCUT2D eigenvalue weighted by Gasteiger charge is -2.12. The summed E-state index contributed by atoms with van der Waals surface area (Å²) in [5.41, 5.74) is 7.16. The average molecular weight is 221 g/mol. The molecule has 3 heteroatoms. The summed E-state index contributed by atoms with van der Waals surface area (Å²) in [6, 6.07) is 8.13. The van der Waals surface area contributed by atoms with E-state index in [1.807, 2.05) is 24.3 Å². The van der Waals surface area contributed by atoms with Gasteiger partial charge in [0, 0.05) is 19.8 Å². The summed E-state index contributed by atoms with van der Waals surface area (Å²) in [5.74, 6) is 0.949. The maximum Gasteiger partial charge on any atom is 0.119 e. The van der Waals surface area contributed by atoms with Gasteiger partial charge in [-0.2, -0.15) is 0 Å². The summed E-state index contributed by atoms with van der Waals surface area (Å²) >= 11 is 0. The predicted octanol–water partition coefficient (Wildman–Crippen LogP) is 2.26. The molecule has 0 bridgehead atoms. The highest BCUT2D eigenvalue weighted by Crippen LogP contribution is 2.27. The summed E-state index contributed by atoms with van der Waals surface area (Å²) in [6.07, 6.45) is 3.68. The van der Waals surface area contributed by atoms with Crippen LogP contribution in [0.5, 0.6) is 5.75 Å². The van der Waals surface area contributed by atoms with Crippen LogP contribution < -0.4 is 10.5 Å². The van der Waals surface area contributed by atoms with Gasteiger partial charge in [0.1, 0.15) is 5.75 Å². The van der Waals surface area contributed by atoms with Gasteiger partial charge in [-0.15, -0.1) is 0 Å². The SMILES string of the molecule is COCCC(N)c1ccc(OC2CC2)cc1. The Morgan fingerprint density at radius 2 is 2.00 bits per heavy atom. The van der Waals surface area contributed by atoms with E-state index in [2.05, 4.69) is 0 Å². The van der Waals surface area contributed by atoms with Crippen LogP contribution >= 0.6 is 0 Å². The molecule has 1 fully saturated rings. The van der Waals surface area contributed by atoms with Crippen molar-refractivity contribution in [3.8, 4) is 5.75 Å². The third-order valence-corrected chi connectivity index (χ3v) is 2.77. The fraction of sp³-hybridized carbons (Fsp3) is 0.538. The van der Waals surface area contributed by atoms with Crippen LogP contribution in [0.3, 0.4) is 0 Å². The molecule has 1 unspecified atom stereocenters. The molecule has 0 saturated heterocycles. The second kappa shape index (κ2) is 5.32. The molecule has 88 valence electrons. The number of methoxy groups -OCH3 is 1. The summed E-state index contributed by atoms with van der Waals surface area (Å²) in [4.78, 5) is 0. The Bertz CT molecular complexity index is 319. The van der Waals surface area contributed by atoms with E-state index in [0.717, 1.165) is 17.7 Å². The Labute approximate surface area is 96.5 Å². The van der Waals surface area contributed by atoms with Crippen LogP contribution in [-0.2, 0) is 4.74 Å². The van der Waals surface area contributed by atoms with Crippen molar-refractivity contribution in [2.24, 2.45) is 5.73 Å². The van der Waals surface area contributed by atoms with Crippen molar-refractivity contribution in [2.45, 2.75) is 31.4 Å². The molecule has 0 aliphatic heterocycles. The summed E-state index contributed by atoms with van der Waals surface area (Å²) in [7, 11) is 1.69. The van der Waals surface area contributed by atoms with Crippen LogP contribution in [0.1, 0.15) is 30.9 Å². The van der Waals surface area contributed by atoms with Gasteiger partial charge in [-0.3, -0.25) is 0 Å². The van der Waals surface area contributed by atoms with Gasteiger partial charge in [0.05, 0.1) is 6.10 Å². The fourth-order valence-corrected chi connectivity index (χ4v) is 1.58. The topological polar surface area (TPSA) is 44.5 Å². The van der Waals surface area contributed by atoms with Crippen molar-refractivity contribution in [3.63, 3.8) is 0 Å². The normalized spacial score (nSPS) is 17.1. The molecule has 0 radical (unpaired) electrons. The molecule has 1 atom stereocenters. The highest BCUT2D eigenvalue weighted by molar-refractivity contribution is 5.29. The zero-order chi connectivity index (χ0) is 11.4. The first kappa shape index (κ1) is 11.4. The van der Waals surface area contributed by atoms with E-state index in [4.69, 9.17) is 15.2 Å². The summed E-state index contributed by atoms with van der Waals surface area (Å²) in [5, 5.41) is 0. The molecule has 1 aliphatic rings. The average Bonchev–Trinajstić information content (AvgIpc) is 3.11. The first-order chi connectivity index (χ1) is 7.79. The minimum absolute atomic E-state index is 0.0509. The number of hydrogen-bond acceptors (Lipinski definition) is 3. The van der Waals surface area contributed by atoms with Gasteiger partial charge in [-0.05, 0) is 37.0 Å². The molecular weight excluding hydrogens is 202 g/mol. The maximum absolute atomic E-state index is 6.02. The Morgan fingerprint density at radius 1 is 1.31 bits per heavy atom. The van der Waals surface area contributed by atoms with Crippen LogP contribution in [0.4, 0.5) is 0 Å². The van der Waals surface area contributed by atoms with Crippen molar-refractivity contribution < 1.29 is 9.47 Å². The molecule has 0 aromatic heterocycles. The van der Waals surface area contributed by atoms with Crippen LogP contribution in [0.25, 0.3) is 0 Å². The van der Waals surface area contributed by atoms with Gasteiger partial charge in [0.25, 0.3) is 0 Å². The van der Waals surface area contributed by atoms with Gasteiger partial charge in [0.2, 0.25) is 0 Å². The van der Waals surface area contributed by atoms with E-state index in [9.17, 15) is 0 Å². The molecular formula is C13H19NO2. The first-order valence-electron chi connectivity index (χ1n) is 5.80. The maximum atomic E-state index is 6.02. The predicted molar refractivity (Wildman–Crippen MR) is 63.5 cm³/mol. The second-order valence-corrected chi connectivity index (χ2v) is 4.27. The van der Waals surface area contributed by atoms with Crippen LogP contribution in [0.2, 0.25) is 0 Å². The molecule has 3 nitrogen and oxygen atoms in total. The molecule has 1 aromatic rings. The molecule has 16 heavy (non-hydrogen) atoms. The van der Waals surface area contributed by atoms with Gasteiger partial charge in [0.15, 0.2) is 0 Å². The zero-order valence-corrected chi connectivity index (χ0v) is 9.69. The van der Waals surface area contributed by atoms with Gasteiger partial charge < -0.3 is 15.2 Å². The first-order valence-corrected chi connectivity index (χ1v) is 5.80. The largest absolute Gasteiger partial charge is 0.490 e. The standard InChI is InChI=1S/C13H19NO2/c1-15-9-8-13(14)10-2-4-11(5-3-10)16-12-6-7-12/h2-5,12-13H,6-9,14H2,1H3. The van der Waals surface area contributed by atoms with E-state index in [-0.39, 0.29) is 6.04 Å². The van der Waals surface area contributed by atoms with E-state index < -0.39 is 0 Å². The quantitative estimate of drug-likeness (QED) is 0.801. The monoisotopic (exact) mass is 221 g/mol. The van der Waals surface area contributed by atoms with Gasteiger partial charge in [-0.25, -0.2) is 0 Å². The summed E-state index contributed by atoms with van der Waals surface area (Å²) in [6.45, 7) is 0.696. The number of ether oxygens (including phenoxy) is 2. The number of rotatable bonds is 6. The molecule has 2 N–H and O–H groups in total. The van der Waals surface area contributed by atoms with Crippen molar-refractivity contribution in [1.29, 1.82) is 0 Å². The molecule has 0 spiro atoms. The Morgan fingerprint density at radius 3 is 2.56 bits per heavy atom. The van der Waals surface area contributed by atoms with Crippen LogP contribution in [-0.4, -0.2) is 19.8 Å². The Hall–Kier alpha value is -1.06. The molecule has 2 rings (SSSR count). The van der Waals surface area contributed by atoms with E-state index in [0.29, 0.717) is 12.7 Å². The number of hydrogen-bond donors (Lipinski definition) is 1. The minimum atomic E-state index is 0.0509. The Kier molecular flexibility index (Phi) is 3.80. The van der Waals surface area contributed by atoms with Crippen LogP contribution in [0, 0.1) is 0 Å². The van der Waals surface area contributed by atoms with Crippen molar-refractivity contribution in [3.05, 3.63) is 29.8 Å². The third-order valence-electron chi connectivity index (χ3n) is 2.77. The van der Waals surface area contributed by atoms with E-state index >= 15 is 0 Å². The smallest absolute Gasteiger partial charge is 0.119 e. The Balaban J connectivity index is 1.89. The molecule has 0 amide bonds. The number of benzene rings is 1. The minimum Gasteiger partial charge on any atom is -0.490 e. The highest BCUT2D eigenvalue weighted by Gasteiger charge is 2.23.